The average molecular weight is 308 g/mol. The summed E-state index contributed by atoms with van der Waals surface area (Å²) in [6, 6.07) is 5.35. The summed E-state index contributed by atoms with van der Waals surface area (Å²) < 4.78 is 10.4. The molecular weight excluding hydrogens is 288 g/mol. The van der Waals surface area contributed by atoms with Gasteiger partial charge >= 0.3 is 0 Å². The molecule has 0 atom stereocenters. The Morgan fingerprint density at radius 2 is 1.95 bits per heavy atom. The van der Waals surface area contributed by atoms with E-state index in [2.05, 4.69) is 10.6 Å². The zero-order valence-corrected chi connectivity index (χ0v) is 13.1. The van der Waals surface area contributed by atoms with Crippen LogP contribution >= 0.6 is 12.2 Å². The van der Waals surface area contributed by atoms with Gasteiger partial charge in [-0.15, -0.1) is 0 Å². The number of carbonyl (C=O) groups excluding carboxylic acids is 1. The first-order valence-electron chi connectivity index (χ1n) is 6.98. The van der Waals surface area contributed by atoms with Crippen LogP contribution in [0.4, 0.5) is 5.69 Å². The number of carbonyl (C=O) groups is 1. The van der Waals surface area contributed by atoms with Gasteiger partial charge in [-0.2, -0.15) is 0 Å². The molecule has 1 aromatic rings. The largest absolute Gasteiger partial charge is 0.497 e. The summed E-state index contributed by atoms with van der Waals surface area (Å²) in [6.45, 7) is 0. The summed E-state index contributed by atoms with van der Waals surface area (Å²) in [6.07, 6.45) is 4.11. The molecule has 1 amide bonds. The molecule has 0 unspecified atom stereocenters. The summed E-state index contributed by atoms with van der Waals surface area (Å²) in [5.74, 6) is 1.39. The highest BCUT2D eigenvalue weighted by Crippen LogP contribution is 2.29. The van der Waals surface area contributed by atoms with Crippen LogP contribution in [0, 0.1) is 5.92 Å². The van der Waals surface area contributed by atoms with Gasteiger partial charge in [0.05, 0.1) is 19.9 Å². The van der Waals surface area contributed by atoms with Crippen molar-refractivity contribution in [1.29, 1.82) is 0 Å². The third-order valence-electron chi connectivity index (χ3n) is 3.62. The van der Waals surface area contributed by atoms with Crippen LogP contribution in [0.3, 0.4) is 0 Å². The Bertz CT molecular complexity index is 528. The number of rotatable bonds is 4. The van der Waals surface area contributed by atoms with E-state index in [0.717, 1.165) is 25.7 Å². The van der Waals surface area contributed by atoms with Gasteiger partial charge in [-0.05, 0) is 37.2 Å². The van der Waals surface area contributed by atoms with Crippen molar-refractivity contribution in [2.24, 2.45) is 5.92 Å². The second-order valence-corrected chi connectivity index (χ2v) is 5.40. The molecule has 1 aliphatic carbocycles. The lowest BCUT2D eigenvalue weighted by molar-refractivity contribution is -0.123. The molecule has 0 bridgehead atoms. The highest BCUT2D eigenvalue weighted by Gasteiger charge is 2.23. The number of hydrogen-bond donors (Lipinski definition) is 2. The lowest BCUT2D eigenvalue weighted by Crippen LogP contribution is -2.37. The molecule has 6 heteroatoms. The SMILES string of the molecule is COc1ccc(OC)c(NC(=S)NC(=O)C2CCCC2)c1. The third kappa shape index (κ3) is 4.07. The highest BCUT2D eigenvalue weighted by molar-refractivity contribution is 7.80. The van der Waals surface area contributed by atoms with Crippen molar-refractivity contribution >= 4 is 28.9 Å². The monoisotopic (exact) mass is 308 g/mol. The molecule has 0 saturated heterocycles. The second-order valence-electron chi connectivity index (χ2n) is 4.99. The van der Waals surface area contributed by atoms with E-state index in [-0.39, 0.29) is 16.9 Å². The van der Waals surface area contributed by atoms with Gasteiger partial charge in [-0.3, -0.25) is 4.79 Å². The fourth-order valence-corrected chi connectivity index (χ4v) is 2.68. The number of hydrogen-bond acceptors (Lipinski definition) is 4. The number of anilines is 1. The van der Waals surface area contributed by atoms with Gasteiger partial charge in [-0.1, -0.05) is 12.8 Å². The maximum absolute atomic E-state index is 12.0. The normalized spacial score (nSPS) is 14.6. The van der Waals surface area contributed by atoms with Crippen LogP contribution in [-0.4, -0.2) is 25.2 Å². The van der Waals surface area contributed by atoms with Gasteiger partial charge in [-0.25, -0.2) is 0 Å². The van der Waals surface area contributed by atoms with Gasteiger partial charge in [0.1, 0.15) is 11.5 Å². The lowest BCUT2D eigenvalue weighted by Gasteiger charge is -2.15. The van der Waals surface area contributed by atoms with E-state index in [1.165, 1.54) is 0 Å². The van der Waals surface area contributed by atoms with E-state index in [9.17, 15) is 4.79 Å². The molecule has 2 rings (SSSR count). The molecule has 5 nitrogen and oxygen atoms in total. The van der Waals surface area contributed by atoms with Crippen LogP contribution in [0.15, 0.2) is 18.2 Å². The fourth-order valence-electron chi connectivity index (χ4n) is 2.47. The quantitative estimate of drug-likeness (QED) is 0.838. The summed E-state index contributed by atoms with van der Waals surface area (Å²) in [5.41, 5.74) is 0.661. The first-order chi connectivity index (χ1) is 10.1. The van der Waals surface area contributed by atoms with Crippen LogP contribution < -0.4 is 20.1 Å². The molecule has 21 heavy (non-hydrogen) atoms. The third-order valence-corrected chi connectivity index (χ3v) is 3.82. The van der Waals surface area contributed by atoms with Gasteiger partial charge in [0.2, 0.25) is 5.91 Å². The predicted octanol–water partition coefficient (Wildman–Crippen LogP) is 2.71. The number of thiocarbonyl (C=S) groups is 1. The van der Waals surface area contributed by atoms with Crippen LogP contribution in [0.5, 0.6) is 11.5 Å². The predicted molar refractivity (Wildman–Crippen MR) is 85.9 cm³/mol. The minimum atomic E-state index is -0.00753. The van der Waals surface area contributed by atoms with Crippen LogP contribution in [-0.2, 0) is 4.79 Å². The molecule has 1 fully saturated rings. The number of methoxy groups -OCH3 is 2. The Labute approximate surface area is 130 Å². The van der Waals surface area contributed by atoms with E-state index in [1.807, 2.05) is 0 Å². The Morgan fingerprint density at radius 1 is 1.24 bits per heavy atom. The number of amides is 1. The Morgan fingerprint density at radius 3 is 2.57 bits per heavy atom. The topological polar surface area (TPSA) is 59.6 Å². The standard InChI is InChI=1S/C15H20N2O3S/c1-19-11-7-8-13(20-2)12(9-11)16-15(21)17-14(18)10-5-3-4-6-10/h7-10H,3-6H2,1-2H3,(H2,16,17,18,21). The summed E-state index contributed by atoms with van der Waals surface area (Å²) in [5, 5.41) is 6.01. The summed E-state index contributed by atoms with van der Waals surface area (Å²) >= 11 is 5.20. The molecule has 0 spiro atoms. The Kier molecular flexibility index (Phi) is 5.38. The van der Waals surface area contributed by atoms with E-state index >= 15 is 0 Å². The first-order valence-corrected chi connectivity index (χ1v) is 7.38. The first kappa shape index (κ1) is 15.6. The molecule has 1 aromatic carbocycles. The zero-order chi connectivity index (χ0) is 15.2. The van der Waals surface area contributed by atoms with Crippen LogP contribution in [0.1, 0.15) is 25.7 Å². The molecular formula is C15H20N2O3S. The summed E-state index contributed by atoms with van der Waals surface area (Å²) in [7, 11) is 3.17. The van der Waals surface area contributed by atoms with Gasteiger partial charge < -0.3 is 20.1 Å². The summed E-state index contributed by atoms with van der Waals surface area (Å²) in [4.78, 5) is 12.0. The maximum atomic E-state index is 12.0. The lowest BCUT2D eigenvalue weighted by atomic mass is 10.1. The molecule has 1 saturated carbocycles. The molecule has 114 valence electrons. The van der Waals surface area contributed by atoms with Crippen molar-refractivity contribution < 1.29 is 14.3 Å². The van der Waals surface area contributed by atoms with Crippen LogP contribution in [0.2, 0.25) is 0 Å². The van der Waals surface area contributed by atoms with Crippen molar-refractivity contribution in [1.82, 2.24) is 5.32 Å². The Balaban J connectivity index is 1.99. The molecule has 1 aliphatic rings. The fraction of sp³-hybridized carbons (Fsp3) is 0.467. The number of benzene rings is 1. The molecule has 0 aliphatic heterocycles. The van der Waals surface area contributed by atoms with E-state index in [0.29, 0.717) is 17.2 Å². The highest BCUT2D eigenvalue weighted by atomic mass is 32.1. The number of ether oxygens (including phenoxy) is 2. The number of nitrogens with one attached hydrogen (secondary N) is 2. The van der Waals surface area contributed by atoms with E-state index < -0.39 is 0 Å². The van der Waals surface area contributed by atoms with Crippen molar-refractivity contribution in [2.45, 2.75) is 25.7 Å². The van der Waals surface area contributed by atoms with Gasteiger partial charge in [0, 0.05) is 12.0 Å². The van der Waals surface area contributed by atoms with Gasteiger partial charge in [0.25, 0.3) is 0 Å². The zero-order valence-electron chi connectivity index (χ0n) is 12.3. The van der Waals surface area contributed by atoms with Crippen LogP contribution in [0.25, 0.3) is 0 Å². The average Bonchev–Trinajstić information content (AvgIpc) is 3.01. The minimum Gasteiger partial charge on any atom is -0.497 e. The second kappa shape index (κ2) is 7.26. The molecule has 2 N–H and O–H groups in total. The molecule has 0 aromatic heterocycles. The van der Waals surface area contributed by atoms with E-state index in [1.54, 1.807) is 32.4 Å². The smallest absolute Gasteiger partial charge is 0.229 e. The van der Waals surface area contributed by atoms with Crippen molar-refractivity contribution in [3.05, 3.63) is 18.2 Å². The van der Waals surface area contributed by atoms with Crippen molar-refractivity contribution in [2.75, 3.05) is 19.5 Å². The van der Waals surface area contributed by atoms with Gasteiger partial charge in [0.15, 0.2) is 5.11 Å². The van der Waals surface area contributed by atoms with Crippen molar-refractivity contribution in [3.8, 4) is 11.5 Å². The Hall–Kier alpha value is -1.82. The van der Waals surface area contributed by atoms with Crippen molar-refractivity contribution in [3.63, 3.8) is 0 Å². The minimum absolute atomic E-state index is 0.00753. The maximum Gasteiger partial charge on any atom is 0.229 e. The van der Waals surface area contributed by atoms with E-state index in [4.69, 9.17) is 21.7 Å². The molecule has 0 radical (unpaired) electrons. The molecule has 0 heterocycles.